The molecule has 0 saturated carbocycles. The smallest absolute Gasteiger partial charge is 0.303 e. The lowest BCUT2D eigenvalue weighted by Crippen LogP contribution is -2.31. The monoisotopic (exact) mass is 271 g/mol. The summed E-state index contributed by atoms with van der Waals surface area (Å²) in [5.74, 6) is -1.31. The van der Waals surface area contributed by atoms with Crippen LogP contribution in [0.1, 0.15) is 18.4 Å². The molecule has 0 bridgehead atoms. The number of aliphatic carboxylic acids is 1. The summed E-state index contributed by atoms with van der Waals surface area (Å²) < 4.78 is 0. The number of hydrogen-bond acceptors (Lipinski definition) is 4. The minimum Gasteiger partial charge on any atom is -0.481 e. The zero-order valence-corrected chi connectivity index (χ0v) is 10.8. The average Bonchev–Trinajstić information content (AvgIpc) is 2.84. The van der Waals surface area contributed by atoms with Crippen molar-refractivity contribution in [1.29, 1.82) is 0 Å². The van der Waals surface area contributed by atoms with E-state index in [9.17, 15) is 14.7 Å². The first-order valence-electron chi connectivity index (χ1n) is 5.72. The maximum atomic E-state index is 11.3. The normalized spacial score (nSPS) is 12.1. The topological polar surface area (TPSA) is 86.6 Å². The number of hydrogen-bond donors (Lipinski definition) is 3. The Morgan fingerprint density at radius 2 is 2.17 bits per heavy atom. The fourth-order valence-electron chi connectivity index (χ4n) is 1.51. The predicted octanol–water partition coefficient (Wildman–Crippen LogP) is 0.880. The minimum absolute atomic E-state index is 0.00490. The van der Waals surface area contributed by atoms with Gasteiger partial charge in [-0.25, -0.2) is 0 Å². The molecule has 18 heavy (non-hydrogen) atoms. The number of carbonyl (C=O) groups is 2. The first-order valence-corrected chi connectivity index (χ1v) is 6.66. The van der Waals surface area contributed by atoms with E-state index in [2.05, 4.69) is 5.32 Å². The van der Waals surface area contributed by atoms with Crippen molar-refractivity contribution in [2.45, 2.75) is 19.3 Å². The zero-order valence-electron chi connectivity index (χ0n) is 9.96. The van der Waals surface area contributed by atoms with Crippen LogP contribution in [0, 0.1) is 5.92 Å². The van der Waals surface area contributed by atoms with Crippen LogP contribution in [0.3, 0.4) is 0 Å². The number of nitrogens with one attached hydrogen (secondary N) is 1. The highest BCUT2D eigenvalue weighted by Gasteiger charge is 2.11. The van der Waals surface area contributed by atoms with Crippen LogP contribution in [-0.2, 0) is 16.0 Å². The number of carbonyl (C=O) groups excluding carboxylic acids is 1. The fourth-order valence-corrected chi connectivity index (χ4v) is 2.19. The fraction of sp³-hybridized carbons (Fsp3) is 0.500. The van der Waals surface area contributed by atoms with Crippen LogP contribution in [-0.4, -0.2) is 35.2 Å². The minimum atomic E-state index is -0.984. The highest BCUT2D eigenvalue weighted by Crippen LogP contribution is 2.11. The maximum Gasteiger partial charge on any atom is 0.303 e. The largest absolute Gasteiger partial charge is 0.481 e. The lowest BCUT2D eigenvalue weighted by Gasteiger charge is -2.14. The highest BCUT2D eigenvalue weighted by molar-refractivity contribution is 7.07. The van der Waals surface area contributed by atoms with Gasteiger partial charge in [0.25, 0.3) is 0 Å². The molecule has 1 aromatic heterocycles. The van der Waals surface area contributed by atoms with Gasteiger partial charge < -0.3 is 15.5 Å². The molecule has 100 valence electrons. The summed E-state index contributed by atoms with van der Waals surface area (Å²) in [6.07, 6.45) is 0.519. The van der Waals surface area contributed by atoms with Crippen molar-refractivity contribution in [3.63, 3.8) is 0 Å². The Morgan fingerprint density at radius 3 is 2.72 bits per heavy atom. The second-order valence-corrected chi connectivity index (χ2v) is 4.86. The summed E-state index contributed by atoms with van der Waals surface area (Å²) >= 11 is 1.59. The van der Waals surface area contributed by atoms with E-state index in [0.717, 1.165) is 5.56 Å². The van der Waals surface area contributed by atoms with E-state index >= 15 is 0 Å². The van der Waals surface area contributed by atoms with Gasteiger partial charge in [-0.1, -0.05) is 0 Å². The van der Waals surface area contributed by atoms with Crippen molar-refractivity contribution >= 4 is 23.2 Å². The second-order valence-electron chi connectivity index (χ2n) is 4.08. The van der Waals surface area contributed by atoms with Crippen molar-refractivity contribution in [3.8, 4) is 0 Å². The molecule has 1 amide bonds. The number of amides is 1. The highest BCUT2D eigenvalue weighted by atomic mass is 32.1. The number of rotatable bonds is 8. The Balaban J connectivity index is 2.26. The Morgan fingerprint density at radius 1 is 1.39 bits per heavy atom. The lowest BCUT2D eigenvalue weighted by molar-refractivity contribution is -0.138. The van der Waals surface area contributed by atoms with E-state index < -0.39 is 5.97 Å². The van der Waals surface area contributed by atoms with Crippen LogP contribution in [0.15, 0.2) is 16.8 Å². The predicted molar refractivity (Wildman–Crippen MR) is 68.5 cm³/mol. The third-order valence-electron chi connectivity index (χ3n) is 2.52. The zero-order chi connectivity index (χ0) is 13.4. The molecule has 0 aliphatic carbocycles. The maximum absolute atomic E-state index is 11.3. The summed E-state index contributed by atoms with van der Waals surface area (Å²) in [6, 6.07) is 1.99. The lowest BCUT2D eigenvalue weighted by atomic mass is 10.0. The van der Waals surface area contributed by atoms with Gasteiger partial charge in [0.05, 0.1) is 6.42 Å². The molecule has 0 saturated heterocycles. The van der Waals surface area contributed by atoms with Gasteiger partial charge in [0, 0.05) is 25.5 Å². The Bertz CT molecular complexity index is 377. The molecule has 1 atom stereocenters. The van der Waals surface area contributed by atoms with Crippen molar-refractivity contribution in [1.82, 2.24) is 5.32 Å². The average molecular weight is 271 g/mol. The van der Waals surface area contributed by atoms with Crippen LogP contribution >= 0.6 is 11.3 Å². The van der Waals surface area contributed by atoms with Gasteiger partial charge in [0.15, 0.2) is 0 Å². The molecule has 0 radical (unpaired) electrons. The first-order chi connectivity index (χ1) is 8.61. The number of thiophene rings is 1. The van der Waals surface area contributed by atoms with Gasteiger partial charge in [-0.3, -0.25) is 9.59 Å². The molecule has 1 heterocycles. The number of aliphatic hydroxyl groups excluding tert-OH is 1. The number of carboxylic acid groups (broad SMARTS) is 1. The van der Waals surface area contributed by atoms with E-state index in [1.54, 1.807) is 11.3 Å². The van der Waals surface area contributed by atoms with Gasteiger partial charge in [-0.05, 0) is 28.8 Å². The van der Waals surface area contributed by atoms with Crippen molar-refractivity contribution in [2.24, 2.45) is 5.92 Å². The molecule has 5 nitrogen and oxygen atoms in total. The van der Waals surface area contributed by atoms with Gasteiger partial charge in [0.1, 0.15) is 0 Å². The molecule has 0 aromatic carbocycles. The molecular formula is C12H17NO4S. The van der Waals surface area contributed by atoms with Crippen LogP contribution in [0.2, 0.25) is 0 Å². The van der Waals surface area contributed by atoms with Crippen molar-refractivity contribution < 1.29 is 19.8 Å². The van der Waals surface area contributed by atoms with E-state index in [0.29, 0.717) is 13.0 Å². The summed E-state index contributed by atoms with van der Waals surface area (Å²) in [5, 5.41) is 24.3. The Hall–Kier alpha value is -1.40. The van der Waals surface area contributed by atoms with E-state index in [1.807, 2.05) is 16.8 Å². The van der Waals surface area contributed by atoms with Gasteiger partial charge >= 0.3 is 5.97 Å². The standard InChI is InChI=1S/C12H17NO4S/c14-7-10(5-9-3-4-18-8-9)6-13-11(15)1-2-12(16)17/h3-4,8,10,14H,1-2,5-7H2,(H,13,15)(H,16,17)/t10-/m0/s1. The van der Waals surface area contributed by atoms with Crippen LogP contribution in [0.25, 0.3) is 0 Å². The SMILES string of the molecule is O=C(O)CCC(=O)NC[C@@H](CO)Cc1ccsc1. The Kier molecular flexibility index (Phi) is 6.38. The number of carboxylic acids is 1. The molecule has 0 unspecified atom stereocenters. The summed E-state index contributed by atoms with van der Waals surface area (Å²) in [7, 11) is 0. The molecule has 3 N–H and O–H groups in total. The summed E-state index contributed by atoms with van der Waals surface area (Å²) in [4.78, 5) is 21.6. The van der Waals surface area contributed by atoms with E-state index in [-0.39, 0.29) is 31.3 Å². The molecule has 0 aliphatic rings. The molecule has 0 fully saturated rings. The molecule has 0 spiro atoms. The Labute approximate surface area is 109 Å². The third-order valence-corrected chi connectivity index (χ3v) is 3.25. The van der Waals surface area contributed by atoms with Crippen molar-refractivity contribution in [2.75, 3.05) is 13.2 Å². The third kappa shape index (κ3) is 5.79. The van der Waals surface area contributed by atoms with Gasteiger partial charge in [0.2, 0.25) is 5.91 Å². The van der Waals surface area contributed by atoms with Crippen LogP contribution in [0.4, 0.5) is 0 Å². The first kappa shape index (κ1) is 14.7. The number of aliphatic hydroxyl groups is 1. The molecule has 0 aliphatic heterocycles. The molecule has 1 aromatic rings. The molecular weight excluding hydrogens is 254 g/mol. The summed E-state index contributed by atoms with van der Waals surface area (Å²) in [5.41, 5.74) is 1.14. The van der Waals surface area contributed by atoms with Crippen LogP contribution < -0.4 is 5.32 Å². The van der Waals surface area contributed by atoms with Gasteiger partial charge in [-0.15, -0.1) is 0 Å². The quantitative estimate of drug-likeness (QED) is 0.655. The molecule has 6 heteroatoms. The van der Waals surface area contributed by atoms with Gasteiger partial charge in [-0.2, -0.15) is 11.3 Å². The van der Waals surface area contributed by atoms with Crippen LogP contribution in [0.5, 0.6) is 0 Å². The van der Waals surface area contributed by atoms with E-state index in [4.69, 9.17) is 5.11 Å². The second kappa shape index (κ2) is 7.84. The van der Waals surface area contributed by atoms with E-state index in [1.165, 1.54) is 0 Å². The van der Waals surface area contributed by atoms with Crippen molar-refractivity contribution in [3.05, 3.63) is 22.4 Å². The summed E-state index contributed by atoms with van der Waals surface area (Å²) in [6.45, 7) is 0.361. The molecule has 1 rings (SSSR count).